The lowest BCUT2D eigenvalue weighted by atomic mass is 10.4. The summed E-state index contributed by atoms with van der Waals surface area (Å²) >= 11 is 1.81. The molecule has 0 bridgehead atoms. The highest BCUT2D eigenvalue weighted by molar-refractivity contribution is 8.00. The van der Waals surface area contributed by atoms with Crippen LogP contribution in [0.4, 0.5) is 0 Å². The van der Waals surface area contributed by atoms with Gasteiger partial charge in [0.05, 0.1) is 6.54 Å². The maximum Gasteiger partial charge on any atom is 0.276 e. The quantitative estimate of drug-likeness (QED) is 0.895. The van der Waals surface area contributed by atoms with Gasteiger partial charge in [-0.1, -0.05) is 6.92 Å². The molecular weight excluding hydrogens is 296 g/mol. The molecule has 0 amide bonds. The Morgan fingerprint density at radius 3 is 2.95 bits per heavy atom. The van der Waals surface area contributed by atoms with Crippen molar-refractivity contribution in [1.29, 1.82) is 0 Å². The molecule has 1 saturated heterocycles. The molecule has 2 fully saturated rings. The molecule has 1 unspecified atom stereocenters. The van der Waals surface area contributed by atoms with E-state index in [1.165, 1.54) is 17.1 Å². The fraction of sp³-hybridized carbons (Fsp3) is 0.692. The van der Waals surface area contributed by atoms with Crippen molar-refractivity contribution in [3.8, 4) is 0 Å². The van der Waals surface area contributed by atoms with E-state index in [1.54, 1.807) is 12.1 Å². The van der Waals surface area contributed by atoms with Crippen LogP contribution in [-0.2, 0) is 16.6 Å². The summed E-state index contributed by atoms with van der Waals surface area (Å²) in [5.41, 5.74) is 0. The van der Waals surface area contributed by atoms with Crippen LogP contribution in [0.2, 0.25) is 0 Å². The van der Waals surface area contributed by atoms with E-state index < -0.39 is 10.0 Å². The van der Waals surface area contributed by atoms with Gasteiger partial charge in [0, 0.05) is 30.1 Å². The molecule has 2 aliphatic rings. The highest BCUT2D eigenvalue weighted by atomic mass is 32.2. The lowest BCUT2D eigenvalue weighted by Gasteiger charge is -2.28. The van der Waals surface area contributed by atoms with Gasteiger partial charge in [-0.2, -0.15) is 16.1 Å². The number of hydrogen-bond acceptors (Lipinski definition) is 5. The summed E-state index contributed by atoms with van der Waals surface area (Å²) in [5.74, 6) is 1.53. The molecule has 1 atom stereocenters. The van der Waals surface area contributed by atoms with Gasteiger partial charge in [0.25, 0.3) is 10.0 Å². The van der Waals surface area contributed by atoms with Crippen LogP contribution in [0.1, 0.15) is 25.5 Å². The molecule has 1 aliphatic carbocycles. The van der Waals surface area contributed by atoms with Crippen molar-refractivity contribution >= 4 is 21.8 Å². The molecular formula is C13H20N2O3S2. The Kier molecular flexibility index (Phi) is 4.12. The van der Waals surface area contributed by atoms with Gasteiger partial charge in [0.1, 0.15) is 5.76 Å². The summed E-state index contributed by atoms with van der Waals surface area (Å²) in [6, 6.07) is 3.91. The highest BCUT2D eigenvalue weighted by Crippen LogP contribution is 2.26. The molecule has 0 spiro atoms. The second kappa shape index (κ2) is 5.71. The summed E-state index contributed by atoms with van der Waals surface area (Å²) in [6.07, 6.45) is 2.41. The third-order valence-electron chi connectivity index (χ3n) is 3.58. The van der Waals surface area contributed by atoms with Crippen molar-refractivity contribution in [3.05, 3.63) is 17.9 Å². The van der Waals surface area contributed by atoms with Crippen LogP contribution in [0, 0.1) is 0 Å². The largest absolute Gasteiger partial charge is 0.447 e. The summed E-state index contributed by atoms with van der Waals surface area (Å²) < 4.78 is 32.0. The summed E-state index contributed by atoms with van der Waals surface area (Å²) in [6.45, 7) is 3.78. The van der Waals surface area contributed by atoms with Crippen molar-refractivity contribution in [2.24, 2.45) is 0 Å². The minimum absolute atomic E-state index is 0.0733. The first kappa shape index (κ1) is 14.4. The number of sulfonamides is 1. The zero-order chi connectivity index (χ0) is 14.2. The molecule has 0 radical (unpaired) electrons. The maximum absolute atomic E-state index is 12.5. The predicted octanol–water partition coefficient (Wildman–Crippen LogP) is 1.66. The Labute approximate surface area is 124 Å². The summed E-state index contributed by atoms with van der Waals surface area (Å²) in [4.78, 5) is 0. The lowest BCUT2D eigenvalue weighted by molar-refractivity contribution is 0.367. The van der Waals surface area contributed by atoms with Crippen LogP contribution in [0.15, 0.2) is 21.6 Å². The molecule has 20 heavy (non-hydrogen) atoms. The van der Waals surface area contributed by atoms with E-state index in [4.69, 9.17) is 4.42 Å². The van der Waals surface area contributed by atoms with E-state index in [0.29, 0.717) is 36.7 Å². The van der Waals surface area contributed by atoms with E-state index >= 15 is 0 Å². The molecule has 0 aromatic carbocycles. The van der Waals surface area contributed by atoms with Crippen molar-refractivity contribution in [2.45, 2.75) is 42.7 Å². The maximum atomic E-state index is 12.5. The van der Waals surface area contributed by atoms with E-state index in [-0.39, 0.29) is 5.09 Å². The van der Waals surface area contributed by atoms with Gasteiger partial charge in [0.15, 0.2) is 0 Å². The van der Waals surface area contributed by atoms with Crippen LogP contribution >= 0.6 is 11.8 Å². The lowest BCUT2D eigenvalue weighted by Crippen LogP contribution is -2.40. The third-order valence-corrected chi connectivity index (χ3v) is 6.45. The van der Waals surface area contributed by atoms with Gasteiger partial charge in [-0.05, 0) is 25.0 Å². The minimum Gasteiger partial charge on any atom is -0.447 e. The van der Waals surface area contributed by atoms with Crippen LogP contribution in [0.25, 0.3) is 0 Å². The molecule has 1 aliphatic heterocycles. The Bertz CT molecular complexity index is 566. The van der Waals surface area contributed by atoms with Gasteiger partial charge >= 0.3 is 0 Å². The zero-order valence-corrected chi connectivity index (χ0v) is 13.2. The molecule has 1 aromatic heterocycles. The van der Waals surface area contributed by atoms with Gasteiger partial charge in [0.2, 0.25) is 5.09 Å². The zero-order valence-electron chi connectivity index (χ0n) is 11.5. The second-order valence-corrected chi connectivity index (χ2v) is 8.84. The first-order valence-electron chi connectivity index (χ1n) is 6.99. The van der Waals surface area contributed by atoms with E-state index in [1.807, 2.05) is 11.8 Å². The molecule has 2 heterocycles. The van der Waals surface area contributed by atoms with Gasteiger partial charge < -0.3 is 9.73 Å². The van der Waals surface area contributed by atoms with E-state index in [0.717, 1.165) is 5.75 Å². The fourth-order valence-electron chi connectivity index (χ4n) is 2.26. The molecule has 3 rings (SSSR count). The Morgan fingerprint density at radius 1 is 1.45 bits per heavy atom. The van der Waals surface area contributed by atoms with Crippen LogP contribution in [0.3, 0.4) is 0 Å². The monoisotopic (exact) mass is 316 g/mol. The Balaban J connectivity index is 1.69. The van der Waals surface area contributed by atoms with Crippen molar-refractivity contribution in [1.82, 2.24) is 9.62 Å². The van der Waals surface area contributed by atoms with E-state index in [2.05, 4.69) is 12.2 Å². The predicted molar refractivity (Wildman–Crippen MR) is 79.2 cm³/mol. The number of hydrogen-bond donors (Lipinski definition) is 1. The number of nitrogens with zero attached hydrogens (tertiary/aromatic N) is 1. The van der Waals surface area contributed by atoms with Crippen LogP contribution in [0.5, 0.6) is 0 Å². The highest BCUT2D eigenvalue weighted by Gasteiger charge is 2.31. The van der Waals surface area contributed by atoms with Crippen molar-refractivity contribution in [2.75, 3.05) is 18.8 Å². The SMILES string of the molecule is CC1CN(S(=O)(=O)c2ccc(CNC3CC3)o2)CCS1. The average Bonchev–Trinajstić information content (AvgIpc) is 3.12. The first-order chi connectivity index (χ1) is 9.55. The smallest absolute Gasteiger partial charge is 0.276 e. The molecule has 1 aromatic rings. The van der Waals surface area contributed by atoms with E-state index in [9.17, 15) is 8.42 Å². The second-order valence-electron chi connectivity index (χ2n) is 5.42. The Morgan fingerprint density at radius 2 is 2.25 bits per heavy atom. The summed E-state index contributed by atoms with van der Waals surface area (Å²) in [7, 11) is -3.47. The van der Waals surface area contributed by atoms with Crippen LogP contribution < -0.4 is 5.32 Å². The van der Waals surface area contributed by atoms with Crippen molar-refractivity contribution in [3.63, 3.8) is 0 Å². The normalized spacial score (nSPS) is 24.9. The number of thioether (sulfide) groups is 1. The Hall–Kier alpha value is -0.500. The van der Waals surface area contributed by atoms with Crippen molar-refractivity contribution < 1.29 is 12.8 Å². The number of rotatable bonds is 5. The number of furan rings is 1. The summed E-state index contributed by atoms with van der Waals surface area (Å²) in [5, 5.41) is 3.73. The van der Waals surface area contributed by atoms with Gasteiger partial charge in [-0.15, -0.1) is 0 Å². The molecule has 1 N–H and O–H groups in total. The number of nitrogens with one attached hydrogen (secondary N) is 1. The molecule has 112 valence electrons. The van der Waals surface area contributed by atoms with Gasteiger partial charge in [-0.3, -0.25) is 0 Å². The molecule has 5 nitrogen and oxygen atoms in total. The van der Waals surface area contributed by atoms with Crippen LogP contribution in [-0.4, -0.2) is 42.9 Å². The molecule has 1 saturated carbocycles. The fourth-order valence-corrected chi connectivity index (χ4v) is 4.94. The molecule has 7 heteroatoms. The first-order valence-corrected chi connectivity index (χ1v) is 9.48. The standard InChI is InChI=1S/C13H20N2O3S2/c1-10-9-15(6-7-19-10)20(16,17)13-5-4-12(18-13)8-14-11-2-3-11/h4-5,10-11,14H,2-3,6-9H2,1H3. The minimum atomic E-state index is -3.47. The average molecular weight is 316 g/mol. The van der Waals surface area contributed by atoms with Gasteiger partial charge in [-0.25, -0.2) is 8.42 Å². The topological polar surface area (TPSA) is 62.6 Å². The third kappa shape index (κ3) is 3.21.